The number of aliphatic carboxylic acids is 2. The van der Waals surface area contributed by atoms with Crippen LogP contribution < -0.4 is 27.4 Å². The van der Waals surface area contributed by atoms with Crippen molar-refractivity contribution in [1.29, 1.82) is 0 Å². The largest absolute Gasteiger partial charge is 0.481 e. The molecule has 0 saturated carbocycles. The second-order valence-corrected chi connectivity index (χ2v) is 8.70. The van der Waals surface area contributed by atoms with Gasteiger partial charge in [-0.05, 0) is 12.0 Å². The maximum Gasteiger partial charge on any atom is 0.326 e. The fourth-order valence-corrected chi connectivity index (χ4v) is 3.54. The average molecular weight is 546 g/mol. The second kappa shape index (κ2) is 14.8. The fourth-order valence-electron chi connectivity index (χ4n) is 3.54. The predicted molar refractivity (Wildman–Crippen MR) is 135 cm³/mol. The summed E-state index contributed by atoms with van der Waals surface area (Å²) in [6.45, 7) is 0. The normalized spacial score (nSPS) is 13.8. The molecular formula is C24H31N7O8. The van der Waals surface area contributed by atoms with Crippen LogP contribution in [0.25, 0.3) is 0 Å². The van der Waals surface area contributed by atoms with Gasteiger partial charge >= 0.3 is 11.9 Å². The van der Waals surface area contributed by atoms with Crippen molar-refractivity contribution in [2.75, 3.05) is 0 Å². The molecule has 0 radical (unpaired) electrons. The fraction of sp³-hybridized carbons (Fsp3) is 0.375. The third kappa shape index (κ3) is 10.6. The summed E-state index contributed by atoms with van der Waals surface area (Å²) in [6.07, 6.45) is 1.50. The first-order valence-electron chi connectivity index (χ1n) is 11.9. The van der Waals surface area contributed by atoms with Crippen molar-refractivity contribution in [2.45, 2.75) is 56.3 Å². The first kappa shape index (κ1) is 30.4. The molecule has 15 nitrogen and oxygen atoms in total. The number of carbonyl (C=O) groups is 6. The van der Waals surface area contributed by atoms with Gasteiger partial charge in [-0.15, -0.1) is 0 Å². The highest BCUT2D eigenvalue weighted by Gasteiger charge is 2.31. The summed E-state index contributed by atoms with van der Waals surface area (Å²) in [5, 5.41) is 25.3. The Balaban J connectivity index is 2.22. The van der Waals surface area contributed by atoms with Gasteiger partial charge in [0.15, 0.2) is 0 Å². The van der Waals surface area contributed by atoms with E-state index in [1.165, 1.54) is 12.5 Å². The van der Waals surface area contributed by atoms with Crippen molar-refractivity contribution in [3.8, 4) is 0 Å². The summed E-state index contributed by atoms with van der Waals surface area (Å²) in [5.41, 5.74) is 12.3. The summed E-state index contributed by atoms with van der Waals surface area (Å²) < 4.78 is 0. The first-order chi connectivity index (χ1) is 18.5. The van der Waals surface area contributed by atoms with Crippen LogP contribution >= 0.6 is 0 Å². The molecule has 2 aromatic rings. The minimum absolute atomic E-state index is 0.0786. The lowest BCUT2D eigenvalue weighted by Gasteiger charge is -2.25. The van der Waals surface area contributed by atoms with Crippen molar-refractivity contribution < 1.29 is 39.0 Å². The quantitative estimate of drug-likeness (QED) is 0.113. The third-order valence-corrected chi connectivity index (χ3v) is 5.55. The van der Waals surface area contributed by atoms with Crippen molar-refractivity contribution >= 4 is 35.6 Å². The molecule has 0 aliphatic rings. The molecule has 15 heteroatoms. The summed E-state index contributed by atoms with van der Waals surface area (Å²) in [5.74, 6) is -6.30. The van der Waals surface area contributed by atoms with Gasteiger partial charge in [-0.2, -0.15) is 0 Å². The number of amides is 4. The Morgan fingerprint density at radius 1 is 0.872 bits per heavy atom. The van der Waals surface area contributed by atoms with Gasteiger partial charge in [-0.25, -0.2) is 9.78 Å². The van der Waals surface area contributed by atoms with Gasteiger partial charge in [0, 0.05) is 31.2 Å². The van der Waals surface area contributed by atoms with Crippen LogP contribution in [0.1, 0.15) is 30.5 Å². The van der Waals surface area contributed by atoms with E-state index in [0.29, 0.717) is 11.3 Å². The maximum atomic E-state index is 13.2. The molecule has 210 valence electrons. The van der Waals surface area contributed by atoms with Gasteiger partial charge in [-0.3, -0.25) is 24.0 Å². The minimum atomic E-state index is -1.75. The molecule has 0 aliphatic heterocycles. The average Bonchev–Trinajstić information content (AvgIpc) is 3.38. The molecule has 2 rings (SSSR count). The Hall–Kier alpha value is -4.79. The van der Waals surface area contributed by atoms with Crippen LogP contribution in [0.2, 0.25) is 0 Å². The van der Waals surface area contributed by atoms with Gasteiger partial charge in [0.1, 0.15) is 18.1 Å². The lowest BCUT2D eigenvalue weighted by Crippen LogP contribution is -2.58. The Kier molecular flexibility index (Phi) is 11.6. The zero-order chi connectivity index (χ0) is 28.9. The smallest absolute Gasteiger partial charge is 0.326 e. The zero-order valence-electron chi connectivity index (χ0n) is 20.8. The van der Waals surface area contributed by atoms with E-state index in [4.69, 9.17) is 16.6 Å². The summed E-state index contributed by atoms with van der Waals surface area (Å²) in [7, 11) is 0. The topological polar surface area (TPSA) is 260 Å². The van der Waals surface area contributed by atoms with Crippen molar-refractivity contribution in [3.63, 3.8) is 0 Å². The highest BCUT2D eigenvalue weighted by atomic mass is 16.4. The van der Waals surface area contributed by atoms with Gasteiger partial charge in [0.2, 0.25) is 23.6 Å². The number of nitrogens with zero attached hydrogens (tertiary/aromatic N) is 1. The zero-order valence-corrected chi connectivity index (χ0v) is 20.8. The Morgan fingerprint density at radius 2 is 1.49 bits per heavy atom. The number of H-pyrrole nitrogens is 1. The standard InChI is InChI=1S/C24H31N7O8/c25-15(9-14-11-27-12-28-14)21(35)29-16(6-7-19(26)32)22(36)30-17(8-13-4-2-1-3-5-13)23(37)31-18(24(38)39)10-20(33)34/h1-5,11-12,15-18H,6-10,25H2,(H2,26,32)(H,27,28)(H,29,35)(H,30,36)(H,31,37)(H,33,34)(H,38,39). The number of carboxylic acids is 2. The highest BCUT2D eigenvalue weighted by molar-refractivity contribution is 5.95. The Morgan fingerprint density at radius 3 is 2.05 bits per heavy atom. The molecule has 0 bridgehead atoms. The molecule has 4 atom stereocenters. The van der Waals surface area contributed by atoms with E-state index < -0.39 is 66.2 Å². The van der Waals surface area contributed by atoms with Crippen LogP contribution in [0.3, 0.4) is 0 Å². The van der Waals surface area contributed by atoms with Gasteiger partial charge in [0.25, 0.3) is 0 Å². The van der Waals surface area contributed by atoms with E-state index in [1.54, 1.807) is 30.3 Å². The number of hydrogen-bond donors (Lipinski definition) is 8. The molecule has 0 aliphatic carbocycles. The molecule has 4 unspecified atom stereocenters. The van der Waals surface area contributed by atoms with Crippen molar-refractivity contribution in [2.24, 2.45) is 11.5 Å². The number of carbonyl (C=O) groups excluding carboxylic acids is 4. The number of nitrogens with two attached hydrogens (primary N) is 2. The molecule has 0 saturated heterocycles. The molecule has 1 heterocycles. The van der Waals surface area contributed by atoms with E-state index in [9.17, 15) is 33.9 Å². The number of imidazole rings is 1. The molecule has 1 aromatic carbocycles. The molecule has 10 N–H and O–H groups in total. The van der Waals surface area contributed by atoms with Crippen LogP contribution in [0.4, 0.5) is 0 Å². The lowest BCUT2D eigenvalue weighted by molar-refractivity contribution is -0.147. The van der Waals surface area contributed by atoms with Crippen LogP contribution in [0, 0.1) is 0 Å². The lowest BCUT2D eigenvalue weighted by atomic mass is 10.0. The van der Waals surface area contributed by atoms with Crippen LogP contribution in [0.15, 0.2) is 42.9 Å². The molecular weight excluding hydrogens is 514 g/mol. The number of aromatic nitrogens is 2. The summed E-state index contributed by atoms with van der Waals surface area (Å²) in [6, 6.07) is 2.92. The number of primary amides is 1. The van der Waals surface area contributed by atoms with Crippen molar-refractivity contribution in [3.05, 3.63) is 54.1 Å². The van der Waals surface area contributed by atoms with Gasteiger partial charge in [-0.1, -0.05) is 30.3 Å². The summed E-state index contributed by atoms with van der Waals surface area (Å²) >= 11 is 0. The van der Waals surface area contributed by atoms with Gasteiger partial charge < -0.3 is 42.6 Å². The summed E-state index contributed by atoms with van der Waals surface area (Å²) in [4.78, 5) is 79.4. The van der Waals surface area contributed by atoms with E-state index in [-0.39, 0.29) is 25.7 Å². The van der Waals surface area contributed by atoms with E-state index in [0.717, 1.165) is 0 Å². The number of carboxylic acid groups (broad SMARTS) is 2. The molecule has 4 amide bonds. The van der Waals surface area contributed by atoms with Crippen LogP contribution in [-0.4, -0.2) is 79.9 Å². The van der Waals surface area contributed by atoms with Crippen molar-refractivity contribution in [1.82, 2.24) is 25.9 Å². The van der Waals surface area contributed by atoms with E-state index in [1.807, 2.05) is 0 Å². The van der Waals surface area contributed by atoms with Crippen LogP contribution in [-0.2, 0) is 41.6 Å². The molecule has 0 fully saturated rings. The molecule has 0 spiro atoms. The monoisotopic (exact) mass is 545 g/mol. The predicted octanol–water partition coefficient (Wildman–Crippen LogP) is -2.20. The Bertz CT molecular complexity index is 1160. The number of rotatable bonds is 16. The van der Waals surface area contributed by atoms with Gasteiger partial charge in [0.05, 0.1) is 18.8 Å². The first-order valence-corrected chi connectivity index (χ1v) is 11.9. The molecule has 1 aromatic heterocycles. The number of nitrogens with one attached hydrogen (secondary N) is 4. The number of aromatic amines is 1. The maximum absolute atomic E-state index is 13.2. The highest BCUT2D eigenvalue weighted by Crippen LogP contribution is 2.07. The second-order valence-electron chi connectivity index (χ2n) is 8.70. The minimum Gasteiger partial charge on any atom is -0.481 e. The number of hydrogen-bond acceptors (Lipinski definition) is 8. The van der Waals surface area contributed by atoms with Crippen LogP contribution in [0.5, 0.6) is 0 Å². The SMILES string of the molecule is NC(=O)CCC(NC(=O)C(N)Cc1cnc[nH]1)C(=O)NC(Cc1ccccc1)C(=O)NC(CC(=O)O)C(=O)O. The molecule has 39 heavy (non-hydrogen) atoms. The number of benzene rings is 1. The Labute approximate surface area is 222 Å². The van der Waals surface area contributed by atoms with E-state index >= 15 is 0 Å². The third-order valence-electron chi connectivity index (χ3n) is 5.55. The van der Waals surface area contributed by atoms with E-state index in [2.05, 4.69) is 25.9 Å².